The molecular weight excluding hydrogens is 398 g/mol. The van der Waals surface area contributed by atoms with E-state index in [0.29, 0.717) is 18.9 Å². The van der Waals surface area contributed by atoms with E-state index in [-0.39, 0.29) is 0 Å². The van der Waals surface area contributed by atoms with E-state index in [1.165, 1.54) is 18.4 Å². The number of aliphatic hydroxyl groups is 1. The summed E-state index contributed by atoms with van der Waals surface area (Å²) in [6.07, 6.45) is 3.83. The standard InChI is InChI=1S/C23H33N3O3S/c1-28-16-19-7-5-11-26(19)15-22-24-21(17-30-22)23(27)9-12-25(13-10-23)14-18-6-3-4-8-20(18)29-2/h3-4,6,8,17,19,27H,5,7,9-16H2,1-2H3. The molecule has 164 valence electrons. The Hall–Kier alpha value is -1.51. The average Bonchev–Trinajstić information content (AvgIpc) is 3.41. The van der Waals surface area contributed by atoms with Crippen LogP contribution in [0.5, 0.6) is 5.75 Å². The minimum Gasteiger partial charge on any atom is -0.496 e. The monoisotopic (exact) mass is 431 g/mol. The van der Waals surface area contributed by atoms with Crippen LogP contribution in [0.2, 0.25) is 0 Å². The summed E-state index contributed by atoms with van der Waals surface area (Å²) in [5.74, 6) is 0.927. The van der Waals surface area contributed by atoms with Gasteiger partial charge in [-0.05, 0) is 38.3 Å². The van der Waals surface area contributed by atoms with Crippen LogP contribution in [0.4, 0.5) is 0 Å². The topological polar surface area (TPSA) is 58.1 Å². The number of methoxy groups -OCH3 is 2. The lowest BCUT2D eigenvalue weighted by molar-refractivity contribution is -0.0309. The van der Waals surface area contributed by atoms with Gasteiger partial charge in [-0.2, -0.15) is 0 Å². The van der Waals surface area contributed by atoms with Crippen molar-refractivity contribution in [3.05, 3.63) is 45.9 Å². The molecule has 0 aliphatic carbocycles. The summed E-state index contributed by atoms with van der Waals surface area (Å²) in [4.78, 5) is 9.70. The van der Waals surface area contributed by atoms with Crippen LogP contribution in [0.3, 0.4) is 0 Å². The molecule has 7 heteroatoms. The minimum atomic E-state index is -0.817. The molecule has 0 amide bonds. The van der Waals surface area contributed by atoms with Gasteiger partial charge in [0.15, 0.2) is 0 Å². The first-order chi connectivity index (χ1) is 14.6. The third-order valence-corrected chi connectivity index (χ3v) is 7.33. The van der Waals surface area contributed by atoms with Crippen molar-refractivity contribution in [1.82, 2.24) is 14.8 Å². The van der Waals surface area contributed by atoms with Crippen LogP contribution in [0.1, 0.15) is 41.9 Å². The summed E-state index contributed by atoms with van der Waals surface area (Å²) in [6.45, 7) is 5.29. The lowest BCUT2D eigenvalue weighted by atomic mass is 9.88. The number of para-hydroxylation sites is 1. The molecule has 6 nitrogen and oxygen atoms in total. The predicted octanol–water partition coefficient (Wildman–Crippen LogP) is 3.25. The van der Waals surface area contributed by atoms with E-state index in [1.807, 2.05) is 18.2 Å². The van der Waals surface area contributed by atoms with E-state index in [0.717, 1.165) is 55.8 Å². The van der Waals surface area contributed by atoms with Gasteiger partial charge >= 0.3 is 0 Å². The molecule has 2 aliphatic heterocycles. The van der Waals surface area contributed by atoms with Crippen LogP contribution in [-0.2, 0) is 23.4 Å². The highest BCUT2D eigenvalue weighted by Crippen LogP contribution is 2.35. The van der Waals surface area contributed by atoms with E-state index < -0.39 is 5.60 Å². The summed E-state index contributed by atoms with van der Waals surface area (Å²) >= 11 is 1.67. The fourth-order valence-electron chi connectivity index (χ4n) is 4.67. The molecule has 30 heavy (non-hydrogen) atoms. The summed E-state index contributed by atoms with van der Waals surface area (Å²) in [7, 11) is 3.49. The number of likely N-dealkylation sites (tertiary alicyclic amines) is 2. The van der Waals surface area contributed by atoms with Crippen LogP contribution in [-0.4, -0.2) is 66.4 Å². The second kappa shape index (κ2) is 9.75. The van der Waals surface area contributed by atoms with Crippen LogP contribution in [0.25, 0.3) is 0 Å². The molecule has 2 fully saturated rings. The summed E-state index contributed by atoms with van der Waals surface area (Å²) in [5.41, 5.74) is 1.22. The maximum Gasteiger partial charge on any atom is 0.123 e. The fraction of sp³-hybridized carbons (Fsp3) is 0.609. The molecule has 1 atom stereocenters. The Morgan fingerprint density at radius 3 is 2.73 bits per heavy atom. The van der Waals surface area contributed by atoms with Gasteiger partial charge in [-0.25, -0.2) is 4.98 Å². The average molecular weight is 432 g/mol. The Kier molecular flexibility index (Phi) is 7.05. The summed E-state index contributed by atoms with van der Waals surface area (Å²) in [5, 5.41) is 14.5. The van der Waals surface area contributed by atoms with E-state index in [4.69, 9.17) is 14.5 Å². The lowest BCUT2D eigenvalue weighted by Gasteiger charge is -2.37. The first-order valence-corrected chi connectivity index (χ1v) is 11.7. The Morgan fingerprint density at radius 2 is 1.97 bits per heavy atom. The third-order valence-electron chi connectivity index (χ3n) is 6.49. The zero-order chi connectivity index (χ0) is 21.0. The molecule has 2 aromatic rings. The van der Waals surface area contributed by atoms with Crippen molar-refractivity contribution in [1.29, 1.82) is 0 Å². The second-order valence-corrected chi connectivity index (χ2v) is 9.41. The fourth-order valence-corrected chi connectivity index (χ4v) is 5.58. The normalized spacial score (nSPS) is 22.4. The van der Waals surface area contributed by atoms with E-state index in [9.17, 15) is 5.11 Å². The Balaban J connectivity index is 1.34. The van der Waals surface area contributed by atoms with Crippen molar-refractivity contribution in [2.45, 2.75) is 50.4 Å². The molecule has 1 aromatic carbocycles. The largest absolute Gasteiger partial charge is 0.496 e. The van der Waals surface area contributed by atoms with Gasteiger partial charge in [0.1, 0.15) is 16.4 Å². The highest BCUT2D eigenvalue weighted by molar-refractivity contribution is 7.09. The molecule has 0 bridgehead atoms. The first kappa shape index (κ1) is 21.7. The zero-order valence-corrected chi connectivity index (χ0v) is 18.9. The van der Waals surface area contributed by atoms with Crippen LogP contribution in [0.15, 0.2) is 29.6 Å². The number of piperidine rings is 1. The Morgan fingerprint density at radius 1 is 1.17 bits per heavy atom. The number of benzene rings is 1. The molecule has 1 N–H and O–H groups in total. The van der Waals surface area contributed by atoms with Gasteiger partial charge in [0.25, 0.3) is 0 Å². The SMILES string of the molecule is COCC1CCCN1Cc1nc(C2(O)CCN(Cc3ccccc3OC)CC2)cs1. The zero-order valence-electron chi connectivity index (χ0n) is 18.0. The van der Waals surface area contributed by atoms with E-state index in [2.05, 4.69) is 21.2 Å². The van der Waals surface area contributed by atoms with Crippen molar-refractivity contribution in [2.75, 3.05) is 40.5 Å². The first-order valence-electron chi connectivity index (χ1n) is 10.9. The van der Waals surface area contributed by atoms with E-state index >= 15 is 0 Å². The number of hydrogen-bond donors (Lipinski definition) is 1. The van der Waals surface area contributed by atoms with Crippen molar-refractivity contribution < 1.29 is 14.6 Å². The van der Waals surface area contributed by atoms with Crippen LogP contribution >= 0.6 is 11.3 Å². The number of aromatic nitrogens is 1. The van der Waals surface area contributed by atoms with Gasteiger partial charge in [0.2, 0.25) is 0 Å². The van der Waals surface area contributed by atoms with Crippen molar-refractivity contribution in [2.24, 2.45) is 0 Å². The molecule has 4 rings (SSSR count). The van der Waals surface area contributed by atoms with Crippen molar-refractivity contribution in [3.8, 4) is 5.75 Å². The number of thiazole rings is 1. The van der Waals surface area contributed by atoms with Gasteiger partial charge in [-0.1, -0.05) is 18.2 Å². The van der Waals surface area contributed by atoms with Gasteiger partial charge in [0, 0.05) is 43.7 Å². The van der Waals surface area contributed by atoms with E-state index in [1.54, 1.807) is 25.6 Å². The molecule has 2 saturated heterocycles. The second-order valence-electron chi connectivity index (χ2n) is 8.47. The Labute approximate surface area is 183 Å². The predicted molar refractivity (Wildman–Crippen MR) is 119 cm³/mol. The Bertz CT molecular complexity index is 820. The van der Waals surface area contributed by atoms with Crippen LogP contribution < -0.4 is 4.74 Å². The third kappa shape index (κ3) is 4.86. The van der Waals surface area contributed by atoms with Gasteiger partial charge in [-0.15, -0.1) is 11.3 Å². The number of ether oxygens (including phenoxy) is 2. The highest BCUT2D eigenvalue weighted by atomic mass is 32.1. The lowest BCUT2D eigenvalue weighted by Crippen LogP contribution is -2.42. The molecule has 3 heterocycles. The molecule has 1 unspecified atom stereocenters. The van der Waals surface area contributed by atoms with Crippen LogP contribution in [0, 0.1) is 0 Å². The number of nitrogens with zero attached hydrogens (tertiary/aromatic N) is 3. The minimum absolute atomic E-state index is 0.489. The molecule has 0 saturated carbocycles. The maximum absolute atomic E-state index is 11.3. The molecule has 2 aliphatic rings. The quantitative estimate of drug-likeness (QED) is 0.693. The van der Waals surface area contributed by atoms with Crippen molar-refractivity contribution >= 4 is 11.3 Å². The van der Waals surface area contributed by atoms with Crippen molar-refractivity contribution in [3.63, 3.8) is 0 Å². The van der Waals surface area contributed by atoms with Gasteiger partial charge in [-0.3, -0.25) is 9.80 Å². The van der Waals surface area contributed by atoms with Gasteiger partial charge in [0.05, 0.1) is 26.0 Å². The molecule has 0 radical (unpaired) electrons. The number of hydrogen-bond acceptors (Lipinski definition) is 7. The molecule has 1 aromatic heterocycles. The highest BCUT2D eigenvalue weighted by Gasteiger charge is 2.36. The molecule has 0 spiro atoms. The smallest absolute Gasteiger partial charge is 0.123 e. The molecular formula is C23H33N3O3S. The maximum atomic E-state index is 11.3. The summed E-state index contributed by atoms with van der Waals surface area (Å²) in [6, 6.07) is 8.65. The summed E-state index contributed by atoms with van der Waals surface area (Å²) < 4.78 is 10.8. The number of rotatable bonds is 8. The van der Waals surface area contributed by atoms with Gasteiger partial charge < -0.3 is 14.6 Å².